The largest absolute Gasteiger partial charge is 0.480 e. The second kappa shape index (κ2) is 28.0. The van der Waals surface area contributed by atoms with Gasteiger partial charge in [-0.2, -0.15) is 0 Å². The van der Waals surface area contributed by atoms with Gasteiger partial charge in [-0.3, -0.25) is 43.8 Å². The Morgan fingerprint density at radius 1 is 0.744 bits per heavy atom. The molecule has 0 spiro atoms. The van der Waals surface area contributed by atoms with Crippen molar-refractivity contribution >= 4 is 76.2 Å². The minimum Gasteiger partial charge on any atom is -0.480 e. The van der Waals surface area contributed by atoms with Crippen molar-refractivity contribution in [1.29, 1.82) is 5.41 Å². The maximum Gasteiger partial charge on any atom is 0.408 e. The van der Waals surface area contributed by atoms with Gasteiger partial charge in [-0.1, -0.05) is 68.8 Å². The summed E-state index contributed by atoms with van der Waals surface area (Å²) in [6.45, 7) is 5.82. The number of hydrogen-bond donors (Lipinski definition) is 10. The van der Waals surface area contributed by atoms with Crippen molar-refractivity contribution in [2.24, 2.45) is 17.4 Å². The van der Waals surface area contributed by atoms with Gasteiger partial charge in [-0.15, -0.1) is 0 Å². The van der Waals surface area contributed by atoms with E-state index in [1.165, 1.54) is 26.5 Å². The van der Waals surface area contributed by atoms with Gasteiger partial charge in [0.1, 0.15) is 54.4 Å². The molecule has 5 heterocycles. The van der Waals surface area contributed by atoms with E-state index in [1.807, 2.05) is 37.3 Å². The number of aromatic nitrogens is 1. The zero-order valence-electron chi connectivity index (χ0n) is 46.9. The van der Waals surface area contributed by atoms with Crippen molar-refractivity contribution in [3.8, 4) is 0 Å². The molecule has 25 nitrogen and oxygen atoms in total. The maximum atomic E-state index is 14.8. The fourth-order valence-corrected chi connectivity index (χ4v) is 11.6. The van der Waals surface area contributed by atoms with Crippen LogP contribution < -0.4 is 38.1 Å². The highest BCUT2D eigenvalue weighted by molar-refractivity contribution is 5.99. The Morgan fingerprint density at radius 2 is 1.34 bits per heavy atom. The lowest BCUT2D eigenvalue weighted by atomic mass is 9.96. The van der Waals surface area contributed by atoms with E-state index in [4.69, 9.17) is 21.6 Å². The summed E-state index contributed by atoms with van der Waals surface area (Å²) in [4.78, 5) is 148. The molecule has 0 bridgehead atoms. The van der Waals surface area contributed by atoms with E-state index in [0.29, 0.717) is 38.5 Å². The number of fused-ring (bicyclic) bond motifs is 1. The van der Waals surface area contributed by atoms with E-state index in [2.05, 4.69) is 31.6 Å². The molecule has 82 heavy (non-hydrogen) atoms. The molecule has 2 aromatic carbocycles. The van der Waals surface area contributed by atoms with E-state index in [1.54, 1.807) is 37.4 Å². The number of benzene rings is 2. The van der Waals surface area contributed by atoms with Crippen LogP contribution in [0.3, 0.4) is 0 Å². The molecule has 3 aromatic rings. The number of H-pyrrole nitrogens is 1. The summed E-state index contributed by atoms with van der Waals surface area (Å²) in [5.41, 5.74) is 11.9. The van der Waals surface area contributed by atoms with Crippen LogP contribution in [-0.4, -0.2) is 176 Å². The van der Waals surface area contributed by atoms with Crippen LogP contribution in [-0.2, 0) is 60.9 Å². The number of guanidine groups is 1. The van der Waals surface area contributed by atoms with Gasteiger partial charge in [-0.05, 0) is 101 Å². The highest BCUT2D eigenvalue weighted by Gasteiger charge is 2.51. The number of likely N-dealkylation sites (tertiary alicyclic amines) is 4. The minimum atomic E-state index is -1.43. The molecule has 0 unspecified atom stereocenters. The van der Waals surface area contributed by atoms with Crippen LogP contribution in [0.2, 0.25) is 0 Å². The van der Waals surface area contributed by atoms with E-state index in [9.17, 15) is 53.1 Å². The molecule has 4 fully saturated rings. The number of alkyl carbamates (subject to hydrolysis) is 1. The second-order valence-corrected chi connectivity index (χ2v) is 22.0. The Bertz CT molecular complexity index is 2850. The second-order valence-electron chi connectivity index (χ2n) is 22.0. The lowest BCUT2D eigenvalue weighted by molar-refractivity contribution is -0.158. The lowest BCUT2D eigenvalue weighted by Gasteiger charge is -2.37. The molecule has 7 rings (SSSR count). The molecule has 4 saturated heterocycles. The summed E-state index contributed by atoms with van der Waals surface area (Å²) >= 11 is 0. The van der Waals surface area contributed by atoms with Crippen LogP contribution in [0.25, 0.3) is 10.9 Å². The number of nitrogens with one attached hydrogen (secondary N) is 7. The van der Waals surface area contributed by atoms with Gasteiger partial charge >= 0.3 is 12.1 Å². The molecule has 4 aliphatic rings. The maximum absolute atomic E-state index is 14.8. The molecule has 0 saturated carbocycles. The normalized spacial score (nSPS) is 21.4. The molecular formula is C57H79N13O12. The summed E-state index contributed by atoms with van der Waals surface area (Å²) < 4.78 is 5.53. The van der Waals surface area contributed by atoms with Crippen molar-refractivity contribution in [3.05, 3.63) is 71.9 Å². The molecule has 1 aromatic heterocycles. The highest BCUT2D eigenvalue weighted by atomic mass is 16.5. The van der Waals surface area contributed by atoms with Gasteiger partial charge < -0.3 is 72.5 Å². The number of nitrogens with zero attached hydrogens (tertiary/aromatic N) is 4. The predicted octanol–water partition coefficient (Wildman–Crippen LogP) is 1.47. The minimum absolute atomic E-state index is 0.0173. The number of amides is 9. The molecule has 0 aliphatic carbocycles. The number of carbonyl (C=O) groups excluding carboxylic acids is 9. The number of para-hydroxylation sites is 1. The molecular weight excluding hydrogens is 1060 g/mol. The molecule has 9 atom stereocenters. The number of ether oxygens (including phenoxy) is 1. The van der Waals surface area contributed by atoms with E-state index >= 15 is 0 Å². The Hall–Kier alpha value is -8.25. The summed E-state index contributed by atoms with van der Waals surface area (Å²) in [5.74, 6) is -7.11. The number of aliphatic carboxylic acids is 1. The molecule has 9 amide bonds. The molecule has 0 radical (unpaired) electrons. The van der Waals surface area contributed by atoms with Crippen LogP contribution in [0, 0.1) is 11.3 Å². The standard InChI is InChI=1S/C57H79N13O12/c1-4-34(2)46(53(78)69-29-13-22-44(69)52(77)70-30-14-25-57(70,3)54(79)80)66-47(72)39(23-24-45(58)71)63-48(73)42-20-11-27-67(42)50(75)40(19-10-26-61-55(59)60)64-49(74)43-21-12-28-68(43)51(76)41(31-36-32-62-38-18-9-8-17-37(36)38)65-56(81)82-33-35-15-6-5-7-16-35/h5-9,15-18,32,34,39-44,46,62H,4,10-14,19-31,33H2,1-3H3,(H2,58,71)(H,63,73)(H,64,74)(H,65,81)(H,66,72)(H,79,80)(H4,59,60,61)/t34-,39-,40-,41-,42-,43-,44-,46-,57-/m0/s1. The third kappa shape index (κ3) is 14.8. The average molecular weight is 1140 g/mol. The van der Waals surface area contributed by atoms with E-state index in [0.717, 1.165) is 22.0 Å². The van der Waals surface area contributed by atoms with Crippen molar-refractivity contribution in [1.82, 2.24) is 51.2 Å². The highest BCUT2D eigenvalue weighted by Crippen LogP contribution is 2.33. The predicted molar refractivity (Wildman–Crippen MR) is 300 cm³/mol. The van der Waals surface area contributed by atoms with Crippen LogP contribution in [0.5, 0.6) is 0 Å². The van der Waals surface area contributed by atoms with E-state index < -0.39 is 113 Å². The van der Waals surface area contributed by atoms with Crippen molar-refractivity contribution in [2.45, 2.75) is 165 Å². The fourth-order valence-electron chi connectivity index (χ4n) is 11.6. The third-order valence-corrected chi connectivity index (χ3v) is 16.5. The Morgan fingerprint density at radius 3 is 1.96 bits per heavy atom. The van der Waals surface area contributed by atoms with Crippen LogP contribution in [0.15, 0.2) is 60.8 Å². The van der Waals surface area contributed by atoms with Crippen LogP contribution >= 0.6 is 0 Å². The van der Waals surface area contributed by atoms with Gasteiger partial charge in [0, 0.05) is 62.7 Å². The topological polar surface area (TPSA) is 365 Å². The zero-order chi connectivity index (χ0) is 59.3. The molecule has 25 heteroatoms. The quantitative estimate of drug-likeness (QED) is 0.0327. The van der Waals surface area contributed by atoms with Crippen LogP contribution in [0.1, 0.15) is 115 Å². The van der Waals surface area contributed by atoms with Crippen LogP contribution in [0.4, 0.5) is 4.79 Å². The number of carboxylic acid groups (broad SMARTS) is 1. The SMILES string of the molecule is CC[C@H](C)[C@H](NC(=O)[C@H](CCC(N)=O)NC(=O)[C@@H]1CCCN1C(=O)[C@H](CCCNC(=N)N)NC(=O)[C@@H]1CCCN1C(=O)[C@H](Cc1c[nH]c2ccccc12)NC(=O)OCc1ccccc1)C(=O)N1CCC[C@H]1C(=O)N1CCC[C@@]1(C)C(=O)O. The van der Waals surface area contributed by atoms with Gasteiger partial charge in [0.2, 0.25) is 47.3 Å². The summed E-state index contributed by atoms with van der Waals surface area (Å²) in [5, 5.41) is 32.3. The Kier molecular flexibility index (Phi) is 20.9. The molecule has 12 N–H and O–H groups in total. The number of hydrogen-bond acceptors (Lipinski definition) is 12. The number of aromatic amines is 1. The number of primary amides is 1. The van der Waals surface area contributed by atoms with E-state index in [-0.39, 0.29) is 96.7 Å². The molecule has 444 valence electrons. The lowest BCUT2D eigenvalue weighted by Crippen LogP contribution is -2.61. The summed E-state index contributed by atoms with van der Waals surface area (Å²) in [6.07, 6.45) is 3.72. The van der Waals surface area contributed by atoms with Crippen molar-refractivity contribution < 1.29 is 57.8 Å². The summed E-state index contributed by atoms with van der Waals surface area (Å²) in [7, 11) is 0. The third-order valence-electron chi connectivity index (χ3n) is 16.5. The first-order valence-electron chi connectivity index (χ1n) is 28.5. The summed E-state index contributed by atoms with van der Waals surface area (Å²) in [6, 6.07) is 8.33. The Labute approximate surface area is 476 Å². The first-order valence-corrected chi connectivity index (χ1v) is 28.5. The number of rotatable bonds is 25. The first-order chi connectivity index (χ1) is 39.2. The number of nitrogens with two attached hydrogens (primary N) is 2. The zero-order valence-corrected chi connectivity index (χ0v) is 46.9. The smallest absolute Gasteiger partial charge is 0.408 e. The number of carbonyl (C=O) groups is 10. The average Bonchev–Trinajstić information content (AvgIpc) is 4.46. The van der Waals surface area contributed by atoms with Gasteiger partial charge in [0.05, 0.1) is 0 Å². The Balaban J connectivity index is 1.06. The fraction of sp³-hybridized carbons (Fsp3) is 0.561. The van der Waals surface area contributed by atoms with Gasteiger partial charge in [0.25, 0.3) is 0 Å². The van der Waals surface area contributed by atoms with Crippen molar-refractivity contribution in [3.63, 3.8) is 0 Å². The molecule has 4 aliphatic heterocycles. The van der Waals surface area contributed by atoms with Gasteiger partial charge in [-0.25, -0.2) is 9.59 Å². The first kappa shape index (κ1) is 61.4. The van der Waals surface area contributed by atoms with Gasteiger partial charge in [0.15, 0.2) is 5.96 Å². The monoisotopic (exact) mass is 1140 g/mol. The number of carboxylic acids is 1. The van der Waals surface area contributed by atoms with Crippen molar-refractivity contribution in [2.75, 3.05) is 32.7 Å².